The second kappa shape index (κ2) is 17.6. The number of rotatable bonds is 8. The second-order valence-corrected chi connectivity index (χ2v) is 22.1. The summed E-state index contributed by atoms with van der Waals surface area (Å²) in [6.45, 7) is 19.8. The van der Waals surface area contributed by atoms with Gasteiger partial charge in [0, 0.05) is 38.7 Å². The van der Waals surface area contributed by atoms with Crippen LogP contribution in [0.2, 0.25) is 19.6 Å². The van der Waals surface area contributed by atoms with Crippen molar-refractivity contribution in [2.24, 2.45) is 0 Å². The van der Waals surface area contributed by atoms with Crippen LogP contribution in [-0.4, -0.2) is 32.6 Å². The molecule has 0 fully saturated rings. The Morgan fingerprint density at radius 1 is 0.700 bits per heavy atom. The van der Waals surface area contributed by atoms with Crippen molar-refractivity contribution in [1.29, 1.82) is 0 Å². The van der Waals surface area contributed by atoms with Gasteiger partial charge in [-0.25, -0.2) is 9.97 Å². The first-order valence-electron chi connectivity index (χ1n) is 20.9. The number of imidazole rings is 1. The SMILES string of the molecule is CC(C)c1cc(-c2ccccc2)cc(C(C)C)c1-n1c(-c2[c-]ccc3c2oc2ccccc23)nc2ncncc21.[2H]C(C)(C)c1cc(-c2[c-]cccc2)ncc1[Si](C)(C)C.[Ir]. The minimum atomic E-state index is -1.50. The van der Waals surface area contributed by atoms with Gasteiger partial charge in [-0.15, -0.1) is 54.1 Å². The Hall–Kier alpha value is -5.53. The number of aromatic nitrogens is 5. The Morgan fingerprint density at radius 3 is 2.07 bits per heavy atom. The van der Waals surface area contributed by atoms with Crippen LogP contribution in [0.25, 0.3) is 72.6 Å². The Morgan fingerprint density at radius 2 is 1.40 bits per heavy atom. The number of nitrogens with zero attached hydrogens (tertiary/aromatic N) is 5. The summed E-state index contributed by atoms with van der Waals surface area (Å²) in [5, 5.41) is 3.40. The van der Waals surface area contributed by atoms with Crippen molar-refractivity contribution in [3.8, 4) is 39.5 Å². The summed E-state index contributed by atoms with van der Waals surface area (Å²) in [4.78, 5) is 18.7. The normalized spacial score (nSPS) is 12.2. The smallest absolute Gasteiger partial charge is 0.171 e. The summed E-state index contributed by atoms with van der Waals surface area (Å²) in [5.41, 5.74) is 12.9. The van der Waals surface area contributed by atoms with E-state index in [4.69, 9.17) is 10.8 Å². The van der Waals surface area contributed by atoms with E-state index in [1.807, 2.05) is 74.8 Å². The largest absolute Gasteiger partial charge is 0.501 e. The maximum atomic E-state index is 8.44. The summed E-state index contributed by atoms with van der Waals surface area (Å²) in [6.07, 6.45) is 5.39. The monoisotopic (exact) mass is 983 g/mol. The number of para-hydroxylation sites is 1. The number of hydrogen-bond donors (Lipinski definition) is 0. The molecule has 60 heavy (non-hydrogen) atoms. The summed E-state index contributed by atoms with van der Waals surface area (Å²) < 4.78 is 17.1. The van der Waals surface area contributed by atoms with Crippen LogP contribution in [0.4, 0.5) is 0 Å². The molecule has 0 spiro atoms. The summed E-state index contributed by atoms with van der Waals surface area (Å²) in [5.74, 6) is 0.660. The molecule has 9 aromatic rings. The zero-order chi connectivity index (χ0) is 42.3. The van der Waals surface area contributed by atoms with Crippen LogP contribution < -0.4 is 5.19 Å². The molecule has 0 aliphatic rings. The van der Waals surface area contributed by atoms with Crippen molar-refractivity contribution >= 4 is 46.4 Å². The standard InChI is InChI=1S/C35H29N4O.C17H22NSi.Ir/c1-21(2)28-17-24(23-11-6-5-7-12-23)18-29(22(3)4)32(28)39-30-19-36-20-37-34(30)38-35(39)27-15-10-14-26-25-13-8-9-16-31(25)40-33(26)27;1-13(2)15-11-16(14-9-7-6-8-10-14)18-12-17(15)19(3,4)5;/h5-14,16-22H,1-4H3;6-9,11-13H,1-5H3;/q2*-1;/i;13D;. The molecular weight excluding hydrogens is 931 g/mol. The van der Waals surface area contributed by atoms with Gasteiger partial charge in [0.15, 0.2) is 5.65 Å². The van der Waals surface area contributed by atoms with Gasteiger partial charge in [0.1, 0.15) is 17.4 Å². The van der Waals surface area contributed by atoms with Crippen molar-refractivity contribution in [1.82, 2.24) is 24.5 Å². The molecule has 0 saturated heterocycles. The van der Waals surface area contributed by atoms with Crippen LogP contribution in [0.15, 0.2) is 132 Å². The van der Waals surface area contributed by atoms with Crippen molar-refractivity contribution in [2.75, 3.05) is 0 Å². The van der Waals surface area contributed by atoms with Crippen LogP contribution in [0, 0.1) is 12.1 Å². The molecule has 0 saturated carbocycles. The molecule has 0 amide bonds. The summed E-state index contributed by atoms with van der Waals surface area (Å²) in [6, 6.07) is 44.0. The molecule has 0 unspecified atom stereocenters. The van der Waals surface area contributed by atoms with E-state index in [-0.39, 0.29) is 31.9 Å². The fourth-order valence-electron chi connectivity index (χ4n) is 7.86. The molecule has 4 aromatic heterocycles. The molecule has 1 radical (unpaired) electrons. The molecule has 5 aromatic carbocycles. The fourth-order valence-corrected chi connectivity index (χ4v) is 9.44. The Balaban J connectivity index is 0.000000226. The van der Waals surface area contributed by atoms with Crippen molar-refractivity contribution in [2.45, 2.75) is 78.9 Å². The third kappa shape index (κ3) is 8.29. The van der Waals surface area contributed by atoms with Crippen LogP contribution in [0.1, 0.15) is 77.3 Å². The second-order valence-electron chi connectivity index (χ2n) is 17.0. The molecule has 9 rings (SSSR count). The van der Waals surface area contributed by atoms with E-state index in [0.29, 0.717) is 5.65 Å². The quantitative estimate of drug-likeness (QED) is 0.112. The van der Waals surface area contributed by atoms with Gasteiger partial charge in [-0.3, -0.25) is 4.98 Å². The zero-order valence-electron chi connectivity index (χ0n) is 36.8. The van der Waals surface area contributed by atoms with E-state index >= 15 is 0 Å². The summed E-state index contributed by atoms with van der Waals surface area (Å²) in [7, 11) is -1.50. The third-order valence-electron chi connectivity index (χ3n) is 10.9. The van der Waals surface area contributed by atoms with Crippen LogP contribution in [0.5, 0.6) is 0 Å². The molecule has 0 aliphatic heterocycles. The molecule has 0 aliphatic carbocycles. The van der Waals surface area contributed by atoms with E-state index in [1.54, 1.807) is 6.33 Å². The first-order chi connectivity index (χ1) is 28.7. The Bertz CT molecular complexity index is 2940. The number of furan rings is 1. The molecular formula is C52H51IrN5OSi-2. The third-order valence-corrected chi connectivity index (χ3v) is 12.9. The van der Waals surface area contributed by atoms with Gasteiger partial charge < -0.3 is 14.0 Å². The molecule has 8 heteroatoms. The average Bonchev–Trinajstić information content (AvgIpc) is 3.82. The molecule has 0 N–H and O–H groups in total. The van der Waals surface area contributed by atoms with Crippen LogP contribution in [0.3, 0.4) is 0 Å². The van der Waals surface area contributed by atoms with E-state index in [1.165, 1.54) is 27.4 Å². The van der Waals surface area contributed by atoms with E-state index in [9.17, 15) is 0 Å². The molecule has 0 bridgehead atoms. The van der Waals surface area contributed by atoms with Crippen molar-refractivity contribution in [3.63, 3.8) is 0 Å². The molecule has 6 nitrogen and oxygen atoms in total. The average molecular weight is 983 g/mol. The maximum absolute atomic E-state index is 8.44. The van der Waals surface area contributed by atoms with Gasteiger partial charge in [-0.05, 0) is 69.1 Å². The summed E-state index contributed by atoms with van der Waals surface area (Å²) >= 11 is 0. The van der Waals surface area contributed by atoms with Crippen molar-refractivity contribution in [3.05, 3.63) is 157 Å². The topological polar surface area (TPSA) is 69.6 Å². The van der Waals surface area contributed by atoms with Gasteiger partial charge in [-0.1, -0.05) is 132 Å². The van der Waals surface area contributed by atoms with E-state index in [0.717, 1.165) is 61.4 Å². The first kappa shape index (κ1) is 41.2. The minimum Gasteiger partial charge on any atom is -0.501 e. The number of fused-ring (bicyclic) bond motifs is 4. The molecule has 305 valence electrons. The predicted molar refractivity (Wildman–Crippen MR) is 247 cm³/mol. The van der Waals surface area contributed by atoms with Crippen LogP contribution in [-0.2, 0) is 20.1 Å². The zero-order valence-corrected chi connectivity index (χ0v) is 39.2. The first-order valence-corrected chi connectivity index (χ1v) is 23.9. The molecule has 0 atom stereocenters. The Labute approximate surface area is 370 Å². The van der Waals surface area contributed by atoms with E-state index in [2.05, 4.69) is 140 Å². The van der Waals surface area contributed by atoms with Gasteiger partial charge in [0.05, 0.1) is 25.7 Å². The van der Waals surface area contributed by atoms with Gasteiger partial charge in [0.2, 0.25) is 0 Å². The predicted octanol–water partition coefficient (Wildman–Crippen LogP) is 13.3. The van der Waals surface area contributed by atoms with E-state index < -0.39 is 14.0 Å². The number of pyridine rings is 1. The molecule has 4 heterocycles. The minimum absolute atomic E-state index is 0. The van der Waals surface area contributed by atoms with Gasteiger partial charge >= 0.3 is 0 Å². The Kier molecular flexibility index (Phi) is 12.1. The fraction of sp³-hybridized carbons (Fsp3) is 0.231. The van der Waals surface area contributed by atoms with Gasteiger partial charge in [0.25, 0.3) is 0 Å². The maximum Gasteiger partial charge on any atom is 0.171 e. The number of hydrogen-bond acceptors (Lipinski definition) is 5. The van der Waals surface area contributed by atoms with Gasteiger partial charge in [-0.2, -0.15) is 0 Å². The van der Waals surface area contributed by atoms with Crippen molar-refractivity contribution < 1.29 is 25.9 Å². The van der Waals surface area contributed by atoms with Crippen LogP contribution >= 0.6 is 0 Å². The number of benzene rings is 5.